The number of ether oxygens (including phenoxy) is 1. The highest BCUT2D eigenvalue weighted by Crippen LogP contribution is 2.19. The van der Waals surface area contributed by atoms with Crippen molar-refractivity contribution in [3.63, 3.8) is 0 Å². The van der Waals surface area contributed by atoms with Gasteiger partial charge in [0.25, 0.3) is 0 Å². The first-order chi connectivity index (χ1) is 9.85. The Morgan fingerprint density at radius 2 is 1.75 bits per heavy atom. The number of anilines is 3. The molecular weight excluding hydrogens is 258 g/mol. The van der Waals surface area contributed by atoms with E-state index in [9.17, 15) is 0 Å². The maximum absolute atomic E-state index is 5.45. The Kier molecular flexibility index (Phi) is 4.12. The van der Waals surface area contributed by atoms with E-state index in [2.05, 4.69) is 30.6 Å². The minimum Gasteiger partial charge on any atom is -0.381 e. The van der Waals surface area contributed by atoms with Crippen LogP contribution in [0.15, 0.2) is 0 Å². The Morgan fingerprint density at radius 3 is 2.45 bits per heavy atom. The monoisotopic (exact) mass is 279 g/mol. The maximum atomic E-state index is 5.45. The first-order valence-corrected chi connectivity index (χ1v) is 7.17. The molecule has 20 heavy (non-hydrogen) atoms. The highest BCUT2D eigenvalue weighted by Gasteiger charge is 2.19. The second kappa shape index (κ2) is 6.19. The second-order valence-electron chi connectivity index (χ2n) is 5.15. The molecule has 0 radical (unpaired) electrons. The number of hydrogen-bond donors (Lipinski definition) is 3. The van der Waals surface area contributed by atoms with Crippen molar-refractivity contribution in [2.24, 2.45) is 5.84 Å². The lowest BCUT2D eigenvalue weighted by molar-refractivity contribution is 0.0903. The molecule has 1 aromatic heterocycles. The number of nitrogens with two attached hydrogens (primary N) is 1. The van der Waals surface area contributed by atoms with Crippen molar-refractivity contribution in [3.05, 3.63) is 0 Å². The summed E-state index contributed by atoms with van der Waals surface area (Å²) in [6.07, 6.45) is 4.30. The summed E-state index contributed by atoms with van der Waals surface area (Å²) in [5, 5.41) is 3.35. The Balaban J connectivity index is 1.76. The van der Waals surface area contributed by atoms with E-state index in [1.165, 1.54) is 12.8 Å². The third kappa shape index (κ3) is 3.07. The minimum absolute atomic E-state index is 0.350. The van der Waals surface area contributed by atoms with Crippen LogP contribution in [0.4, 0.5) is 17.8 Å². The predicted octanol–water partition coefficient (Wildman–Crippen LogP) is 0.348. The van der Waals surface area contributed by atoms with Crippen molar-refractivity contribution < 1.29 is 4.74 Å². The highest BCUT2D eigenvalue weighted by molar-refractivity contribution is 5.44. The van der Waals surface area contributed by atoms with Crippen LogP contribution in [-0.4, -0.2) is 47.3 Å². The summed E-state index contributed by atoms with van der Waals surface area (Å²) in [6, 6.07) is 0.350. The molecule has 3 heterocycles. The normalized spacial score (nSPS) is 20.1. The van der Waals surface area contributed by atoms with Gasteiger partial charge in [0, 0.05) is 32.3 Å². The molecule has 3 rings (SSSR count). The summed E-state index contributed by atoms with van der Waals surface area (Å²) >= 11 is 0. The molecule has 110 valence electrons. The van der Waals surface area contributed by atoms with Crippen molar-refractivity contribution in [3.8, 4) is 0 Å². The Bertz CT molecular complexity index is 443. The van der Waals surface area contributed by atoms with E-state index < -0.39 is 0 Å². The van der Waals surface area contributed by atoms with Crippen molar-refractivity contribution in [2.45, 2.75) is 31.7 Å². The zero-order valence-corrected chi connectivity index (χ0v) is 11.5. The van der Waals surface area contributed by atoms with E-state index in [0.717, 1.165) is 39.1 Å². The van der Waals surface area contributed by atoms with Gasteiger partial charge in [-0.15, -0.1) is 0 Å². The number of nitrogens with zero attached hydrogens (tertiary/aromatic N) is 4. The molecule has 0 bridgehead atoms. The molecule has 8 heteroatoms. The first-order valence-electron chi connectivity index (χ1n) is 7.17. The Hall–Kier alpha value is -1.67. The standard InChI is InChI=1S/C12H21N7O/c13-18-11-15-10(14-9-3-7-20-8-4-9)16-12(17-11)19-5-1-2-6-19/h9H,1-8,13H2,(H2,14,15,16,17,18). The molecule has 0 atom stereocenters. The van der Waals surface area contributed by atoms with Crippen LogP contribution in [0, 0.1) is 0 Å². The van der Waals surface area contributed by atoms with Crippen molar-refractivity contribution in [1.29, 1.82) is 0 Å². The zero-order valence-electron chi connectivity index (χ0n) is 11.5. The van der Waals surface area contributed by atoms with Gasteiger partial charge in [-0.25, -0.2) is 5.84 Å². The highest BCUT2D eigenvalue weighted by atomic mass is 16.5. The SMILES string of the molecule is NNc1nc(NC2CCOCC2)nc(N2CCCC2)n1. The number of hydrogen-bond acceptors (Lipinski definition) is 8. The third-order valence-electron chi connectivity index (χ3n) is 3.70. The number of nitrogen functional groups attached to an aromatic ring is 1. The van der Waals surface area contributed by atoms with Crippen LogP contribution in [0.25, 0.3) is 0 Å². The minimum atomic E-state index is 0.350. The predicted molar refractivity (Wildman–Crippen MR) is 76.5 cm³/mol. The van der Waals surface area contributed by atoms with Gasteiger partial charge in [-0.3, -0.25) is 5.43 Å². The van der Waals surface area contributed by atoms with E-state index in [4.69, 9.17) is 10.6 Å². The summed E-state index contributed by atoms with van der Waals surface area (Å²) < 4.78 is 5.35. The number of rotatable bonds is 4. The van der Waals surface area contributed by atoms with E-state index in [1.54, 1.807) is 0 Å². The summed E-state index contributed by atoms with van der Waals surface area (Å²) in [4.78, 5) is 15.3. The van der Waals surface area contributed by atoms with Gasteiger partial charge >= 0.3 is 0 Å². The molecular formula is C12H21N7O. The molecule has 2 fully saturated rings. The average molecular weight is 279 g/mol. The van der Waals surface area contributed by atoms with Crippen LogP contribution < -0.4 is 21.5 Å². The van der Waals surface area contributed by atoms with Gasteiger partial charge in [0.05, 0.1) is 0 Å². The summed E-state index contributed by atoms with van der Waals surface area (Å²) in [5.74, 6) is 7.13. The molecule has 4 N–H and O–H groups in total. The van der Waals surface area contributed by atoms with Gasteiger partial charge in [0.2, 0.25) is 17.8 Å². The van der Waals surface area contributed by atoms with Gasteiger partial charge in [-0.05, 0) is 25.7 Å². The van der Waals surface area contributed by atoms with Crippen LogP contribution in [-0.2, 0) is 4.74 Å². The van der Waals surface area contributed by atoms with Gasteiger partial charge < -0.3 is 15.0 Å². The molecule has 2 saturated heterocycles. The second-order valence-corrected chi connectivity index (χ2v) is 5.15. The molecule has 2 aliphatic heterocycles. The number of nitrogens with one attached hydrogen (secondary N) is 2. The quantitative estimate of drug-likeness (QED) is 0.536. The first kappa shape index (κ1) is 13.3. The largest absolute Gasteiger partial charge is 0.381 e. The fraction of sp³-hybridized carbons (Fsp3) is 0.750. The molecule has 0 amide bonds. The van der Waals surface area contributed by atoms with Crippen molar-refractivity contribution in [1.82, 2.24) is 15.0 Å². The molecule has 0 aliphatic carbocycles. The van der Waals surface area contributed by atoms with Gasteiger partial charge in [0.15, 0.2) is 0 Å². The number of aromatic nitrogens is 3. The molecule has 0 saturated carbocycles. The average Bonchev–Trinajstić information content (AvgIpc) is 3.02. The van der Waals surface area contributed by atoms with Crippen LogP contribution in [0.2, 0.25) is 0 Å². The van der Waals surface area contributed by atoms with E-state index >= 15 is 0 Å². The molecule has 8 nitrogen and oxygen atoms in total. The van der Waals surface area contributed by atoms with Crippen LogP contribution in [0.1, 0.15) is 25.7 Å². The zero-order chi connectivity index (χ0) is 13.8. The van der Waals surface area contributed by atoms with Crippen LogP contribution >= 0.6 is 0 Å². The Labute approximate surface area is 118 Å². The summed E-state index contributed by atoms with van der Waals surface area (Å²) in [5.41, 5.74) is 2.51. The third-order valence-corrected chi connectivity index (χ3v) is 3.70. The maximum Gasteiger partial charge on any atom is 0.243 e. The number of hydrazine groups is 1. The summed E-state index contributed by atoms with van der Waals surface area (Å²) in [7, 11) is 0. The lowest BCUT2D eigenvalue weighted by atomic mass is 10.1. The van der Waals surface area contributed by atoms with Gasteiger partial charge in [0.1, 0.15) is 0 Å². The van der Waals surface area contributed by atoms with Crippen LogP contribution in [0.5, 0.6) is 0 Å². The molecule has 2 aliphatic rings. The van der Waals surface area contributed by atoms with Crippen LogP contribution in [0.3, 0.4) is 0 Å². The van der Waals surface area contributed by atoms with E-state index in [-0.39, 0.29) is 0 Å². The van der Waals surface area contributed by atoms with Crippen molar-refractivity contribution in [2.75, 3.05) is 41.9 Å². The summed E-state index contributed by atoms with van der Waals surface area (Å²) in [6.45, 7) is 3.54. The fourth-order valence-electron chi connectivity index (χ4n) is 2.58. The van der Waals surface area contributed by atoms with Gasteiger partial charge in [-0.1, -0.05) is 0 Å². The lowest BCUT2D eigenvalue weighted by Crippen LogP contribution is -2.30. The molecule has 0 aromatic carbocycles. The fourth-order valence-corrected chi connectivity index (χ4v) is 2.58. The lowest BCUT2D eigenvalue weighted by Gasteiger charge is -2.24. The topological polar surface area (TPSA) is 101 Å². The van der Waals surface area contributed by atoms with E-state index in [1.807, 2.05) is 0 Å². The smallest absolute Gasteiger partial charge is 0.243 e. The molecule has 0 unspecified atom stereocenters. The van der Waals surface area contributed by atoms with Gasteiger partial charge in [-0.2, -0.15) is 15.0 Å². The molecule has 0 spiro atoms. The van der Waals surface area contributed by atoms with E-state index in [0.29, 0.717) is 23.9 Å². The Morgan fingerprint density at radius 1 is 1.05 bits per heavy atom. The molecule has 1 aromatic rings. The van der Waals surface area contributed by atoms with Crippen molar-refractivity contribution >= 4 is 17.8 Å².